The van der Waals surface area contributed by atoms with Crippen molar-refractivity contribution < 1.29 is 24.1 Å². The van der Waals surface area contributed by atoms with Crippen molar-refractivity contribution in [3.8, 4) is 11.5 Å². The molecule has 0 spiro atoms. The van der Waals surface area contributed by atoms with Crippen molar-refractivity contribution in [2.45, 2.75) is 45.3 Å². The molecule has 0 aliphatic carbocycles. The third-order valence-electron chi connectivity index (χ3n) is 6.08. The van der Waals surface area contributed by atoms with Gasteiger partial charge >= 0.3 is 5.97 Å². The summed E-state index contributed by atoms with van der Waals surface area (Å²) in [5.41, 5.74) is 2.78. The predicted octanol–water partition coefficient (Wildman–Crippen LogP) is 6.93. The molecule has 2 aromatic carbocycles. The first-order valence-corrected chi connectivity index (χ1v) is 11.7. The summed E-state index contributed by atoms with van der Waals surface area (Å²) in [6.07, 6.45) is 0.288. The van der Waals surface area contributed by atoms with Crippen LogP contribution in [-0.4, -0.2) is 30.9 Å². The van der Waals surface area contributed by atoms with E-state index < -0.39 is 18.7 Å². The number of hydrogen-bond donors (Lipinski definition) is 1. The van der Waals surface area contributed by atoms with Crippen LogP contribution in [0.25, 0.3) is 0 Å². The Hall–Kier alpha value is -2.21. The lowest BCUT2D eigenvalue weighted by Crippen LogP contribution is -2.39. The summed E-state index contributed by atoms with van der Waals surface area (Å²) >= 11 is 12.5. The highest BCUT2D eigenvalue weighted by molar-refractivity contribution is 6.31. The van der Waals surface area contributed by atoms with Gasteiger partial charge in [0.15, 0.2) is 18.1 Å². The third-order valence-corrected chi connectivity index (χ3v) is 6.55. The zero-order valence-electron chi connectivity index (χ0n) is 19.3. The Morgan fingerprint density at radius 2 is 1.88 bits per heavy atom. The van der Waals surface area contributed by atoms with E-state index in [1.807, 2.05) is 31.2 Å². The van der Waals surface area contributed by atoms with Crippen LogP contribution in [0.2, 0.25) is 10.0 Å². The quantitative estimate of drug-likeness (QED) is 0.404. The summed E-state index contributed by atoms with van der Waals surface area (Å²) in [5, 5.41) is 10.3. The van der Waals surface area contributed by atoms with Crippen molar-refractivity contribution in [1.82, 2.24) is 0 Å². The average Bonchev–Trinajstić information content (AvgIpc) is 2.77. The van der Waals surface area contributed by atoms with E-state index in [0.29, 0.717) is 27.1 Å². The highest BCUT2D eigenvalue weighted by Crippen LogP contribution is 2.51. The minimum Gasteiger partial charge on any atom is -0.493 e. The first-order chi connectivity index (χ1) is 15.6. The largest absolute Gasteiger partial charge is 0.493 e. The fourth-order valence-corrected chi connectivity index (χ4v) is 4.88. The van der Waals surface area contributed by atoms with Gasteiger partial charge in [0.25, 0.3) is 0 Å². The molecule has 1 N–H and O–H groups in total. The number of carbonyl (C=O) groups is 1. The van der Waals surface area contributed by atoms with Gasteiger partial charge in [-0.25, -0.2) is 4.79 Å². The fraction of sp³-hybridized carbons (Fsp3) is 0.423. The molecule has 0 bridgehead atoms. The fourth-order valence-electron chi connectivity index (χ4n) is 4.54. The summed E-state index contributed by atoms with van der Waals surface area (Å²) in [6.45, 7) is 9.98. The van der Waals surface area contributed by atoms with Crippen LogP contribution in [0.4, 0.5) is 0 Å². The normalized spacial score (nSPS) is 22.8. The van der Waals surface area contributed by atoms with Crippen LogP contribution in [0.5, 0.6) is 11.5 Å². The van der Waals surface area contributed by atoms with Gasteiger partial charge < -0.3 is 19.3 Å². The number of carboxylic acid groups (broad SMARTS) is 1. The Labute approximate surface area is 205 Å². The maximum absolute atomic E-state index is 11.2. The van der Waals surface area contributed by atoms with E-state index in [4.69, 9.17) is 37.4 Å². The Bertz CT molecular complexity index is 1000. The highest BCUT2D eigenvalue weighted by atomic mass is 35.5. The number of ether oxygens (including phenoxy) is 3. The highest BCUT2D eigenvalue weighted by Gasteiger charge is 2.42. The molecule has 1 aliphatic rings. The number of aliphatic carboxylic acids is 1. The second-order valence-electron chi connectivity index (χ2n) is 8.82. The van der Waals surface area contributed by atoms with E-state index >= 15 is 0 Å². The van der Waals surface area contributed by atoms with E-state index in [1.165, 1.54) is 7.11 Å². The van der Waals surface area contributed by atoms with E-state index in [9.17, 15) is 9.90 Å². The van der Waals surface area contributed by atoms with Crippen molar-refractivity contribution in [2.24, 2.45) is 11.8 Å². The molecular weight excluding hydrogens is 463 g/mol. The Morgan fingerprint density at radius 1 is 1.21 bits per heavy atom. The molecule has 1 saturated heterocycles. The summed E-state index contributed by atoms with van der Waals surface area (Å²) in [7, 11) is 1.49. The predicted molar refractivity (Wildman–Crippen MR) is 131 cm³/mol. The molecule has 5 nitrogen and oxygen atoms in total. The van der Waals surface area contributed by atoms with Gasteiger partial charge in [-0.1, -0.05) is 61.3 Å². The molecule has 1 heterocycles. The van der Waals surface area contributed by atoms with Crippen molar-refractivity contribution in [3.05, 3.63) is 69.7 Å². The molecule has 4 atom stereocenters. The van der Waals surface area contributed by atoms with Gasteiger partial charge in [0.2, 0.25) is 0 Å². The monoisotopic (exact) mass is 492 g/mol. The molecule has 3 rings (SSSR count). The number of carboxylic acids is 1. The van der Waals surface area contributed by atoms with Crippen LogP contribution in [-0.2, 0) is 9.53 Å². The molecule has 7 heteroatoms. The summed E-state index contributed by atoms with van der Waals surface area (Å²) < 4.78 is 17.9. The van der Waals surface area contributed by atoms with E-state index in [1.54, 1.807) is 12.1 Å². The molecule has 1 aliphatic heterocycles. The van der Waals surface area contributed by atoms with E-state index in [-0.39, 0.29) is 23.9 Å². The van der Waals surface area contributed by atoms with Crippen molar-refractivity contribution in [3.63, 3.8) is 0 Å². The first-order valence-electron chi connectivity index (χ1n) is 10.9. The molecule has 33 heavy (non-hydrogen) atoms. The van der Waals surface area contributed by atoms with Gasteiger partial charge in [0, 0.05) is 33.5 Å². The number of benzene rings is 2. The topological polar surface area (TPSA) is 65.0 Å². The molecule has 0 aromatic heterocycles. The standard InChI is InChI=1S/C26H30Cl2O5/c1-14(2)19-12-20(16-6-8-17(27)9-7-16)24(15(3)4)33-25(19)21-10-18(28)11-22(31-5)26(21)32-13-23(29)30/h6-11,15,19-20,24-25H,1,12-13H2,2-5H3,(H,29,30)/t19-,20-,24+,25+/m0/s1. The van der Waals surface area contributed by atoms with E-state index in [2.05, 4.69) is 20.4 Å². The lowest BCUT2D eigenvalue weighted by molar-refractivity contribution is -0.139. The Kier molecular flexibility index (Phi) is 8.33. The molecule has 0 unspecified atom stereocenters. The molecular formula is C26H30Cl2O5. The lowest BCUT2D eigenvalue weighted by atomic mass is 9.73. The maximum atomic E-state index is 11.2. The van der Waals surface area contributed by atoms with Gasteiger partial charge in [-0.3, -0.25) is 0 Å². The van der Waals surface area contributed by atoms with Crippen LogP contribution in [0.3, 0.4) is 0 Å². The van der Waals surface area contributed by atoms with Crippen LogP contribution >= 0.6 is 23.2 Å². The van der Waals surface area contributed by atoms with Crippen molar-refractivity contribution in [2.75, 3.05) is 13.7 Å². The van der Waals surface area contributed by atoms with Crippen LogP contribution in [0.1, 0.15) is 50.3 Å². The van der Waals surface area contributed by atoms with Gasteiger partial charge in [0.1, 0.15) is 0 Å². The molecule has 178 valence electrons. The van der Waals surface area contributed by atoms with Gasteiger partial charge in [-0.15, -0.1) is 0 Å². The molecule has 1 fully saturated rings. The van der Waals surface area contributed by atoms with Crippen molar-refractivity contribution >= 4 is 29.2 Å². The number of halogens is 2. The SMILES string of the molecule is C=C(C)[C@@H]1C[C@@H](c2ccc(Cl)cc2)[C@@H](C(C)C)O[C@H]1c1cc(Cl)cc(OC)c1OCC(=O)O. The molecule has 0 saturated carbocycles. The number of hydrogen-bond acceptors (Lipinski definition) is 4. The summed E-state index contributed by atoms with van der Waals surface area (Å²) in [6, 6.07) is 11.3. The minimum absolute atomic E-state index is 0.0453. The summed E-state index contributed by atoms with van der Waals surface area (Å²) in [5.74, 6) is -0.0667. The molecule has 0 amide bonds. The van der Waals surface area contributed by atoms with Crippen LogP contribution in [0.15, 0.2) is 48.6 Å². The second-order valence-corrected chi connectivity index (χ2v) is 9.69. The van der Waals surface area contributed by atoms with Crippen molar-refractivity contribution in [1.29, 1.82) is 0 Å². The zero-order chi connectivity index (χ0) is 24.3. The molecule has 0 radical (unpaired) electrons. The van der Waals surface area contributed by atoms with Gasteiger partial charge in [-0.2, -0.15) is 0 Å². The Balaban J connectivity index is 2.08. The first kappa shape index (κ1) is 25.4. The van der Waals surface area contributed by atoms with Gasteiger partial charge in [-0.05, 0) is 43.0 Å². The Morgan fingerprint density at radius 3 is 2.42 bits per heavy atom. The van der Waals surface area contributed by atoms with Crippen LogP contribution in [0, 0.1) is 11.8 Å². The molecule has 2 aromatic rings. The zero-order valence-corrected chi connectivity index (χ0v) is 20.8. The number of methoxy groups -OCH3 is 1. The van der Waals surface area contributed by atoms with Gasteiger partial charge in [0.05, 0.1) is 19.3 Å². The van der Waals surface area contributed by atoms with Crippen LogP contribution < -0.4 is 9.47 Å². The smallest absolute Gasteiger partial charge is 0.341 e. The maximum Gasteiger partial charge on any atom is 0.341 e. The number of rotatable bonds is 8. The second kappa shape index (κ2) is 10.8. The van der Waals surface area contributed by atoms with E-state index in [0.717, 1.165) is 17.6 Å². The average molecular weight is 493 g/mol. The summed E-state index contributed by atoms with van der Waals surface area (Å²) in [4.78, 5) is 11.2. The lowest BCUT2D eigenvalue weighted by Gasteiger charge is -2.44. The minimum atomic E-state index is -1.08. The third kappa shape index (κ3) is 5.84.